The van der Waals surface area contributed by atoms with Gasteiger partial charge in [0.1, 0.15) is 5.75 Å². The number of benzene rings is 1. The monoisotopic (exact) mass is 277 g/mol. The summed E-state index contributed by atoms with van der Waals surface area (Å²) in [6.07, 6.45) is -7.02. The number of aliphatic hydroxyl groups is 1. The molecule has 1 rings (SSSR count). The summed E-state index contributed by atoms with van der Waals surface area (Å²) in [7, 11) is 0. The van der Waals surface area contributed by atoms with Crippen molar-refractivity contribution in [2.45, 2.75) is 38.7 Å². The summed E-state index contributed by atoms with van der Waals surface area (Å²) in [5.74, 6) is 0.630. The lowest BCUT2D eigenvalue weighted by Crippen LogP contribution is -2.26. The first-order valence-corrected chi connectivity index (χ1v) is 6.01. The summed E-state index contributed by atoms with van der Waals surface area (Å²) >= 11 is 0. The Morgan fingerprint density at radius 1 is 1.32 bits per heavy atom. The van der Waals surface area contributed by atoms with E-state index in [1.807, 2.05) is 13.8 Å². The second-order valence-electron chi connectivity index (χ2n) is 4.55. The molecule has 1 aromatic carbocycles. The van der Waals surface area contributed by atoms with E-state index in [1.165, 1.54) is 0 Å². The van der Waals surface area contributed by atoms with Crippen LogP contribution in [0.3, 0.4) is 0 Å². The molecule has 0 aliphatic carbocycles. The molecule has 0 aromatic heterocycles. The van der Waals surface area contributed by atoms with Crippen LogP contribution in [0.4, 0.5) is 18.9 Å². The first kappa shape index (κ1) is 15.6. The number of aliphatic hydroxyl groups excluding tert-OH is 1. The highest BCUT2D eigenvalue weighted by atomic mass is 19.4. The molecule has 0 amide bonds. The van der Waals surface area contributed by atoms with Crippen LogP contribution in [0.15, 0.2) is 24.3 Å². The number of hydrogen-bond donors (Lipinski definition) is 2. The maximum absolute atomic E-state index is 12.0. The molecule has 1 aromatic rings. The Morgan fingerprint density at radius 2 is 2.00 bits per heavy atom. The average Bonchev–Trinajstić information content (AvgIpc) is 2.23. The Bertz CT molecular complexity index is 394. The Balaban J connectivity index is 2.49. The van der Waals surface area contributed by atoms with Crippen molar-refractivity contribution in [2.75, 3.05) is 11.9 Å². The molecule has 0 saturated heterocycles. The molecule has 19 heavy (non-hydrogen) atoms. The van der Waals surface area contributed by atoms with Gasteiger partial charge in [-0.1, -0.05) is 6.07 Å². The standard InChI is InChI=1S/C13H18F3NO2/c1-9(2)19-12-5-3-4-10(6-12)17-8-11(18)7-13(14,15)16/h3-6,9,11,17-18H,7-8H2,1-2H3. The van der Waals surface area contributed by atoms with Crippen molar-refractivity contribution in [3.8, 4) is 5.75 Å². The van der Waals surface area contributed by atoms with E-state index in [9.17, 15) is 18.3 Å². The summed E-state index contributed by atoms with van der Waals surface area (Å²) in [6, 6.07) is 6.88. The van der Waals surface area contributed by atoms with Crippen LogP contribution in [0.25, 0.3) is 0 Å². The van der Waals surface area contributed by atoms with E-state index >= 15 is 0 Å². The Hall–Kier alpha value is -1.43. The second kappa shape index (κ2) is 6.65. The largest absolute Gasteiger partial charge is 0.491 e. The number of rotatable bonds is 6. The summed E-state index contributed by atoms with van der Waals surface area (Å²) < 4.78 is 41.6. The van der Waals surface area contributed by atoms with Crippen LogP contribution < -0.4 is 10.1 Å². The minimum atomic E-state index is -4.36. The molecule has 1 unspecified atom stereocenters. The van der Waals surface area contributed by atoms with E-state index in [0.29, 0.717) is 11.4 Å². The normalized spacial score (nSPS) is 13.4. The van der Waals surface area contributed by atoms with E-state index in [4.69, 9.17) is 4.74 Å². The minimum Gasteiger partial charge on any atom is -0.491 e. The van der Waals surface area contributed by atoms with Crippen molar-refractivity contribution >= 4 is 5.69 Å². The van der Waals surface area contributed by atoms with E-state index in [0.717, 1.165) is 0 Å². The molecule has 0 spiro atoms. The van der Waals surface area contributed by atoms with Crippen molar-refractivity contribution in [3.63, 3.8) is 0 Å². The number of nitrogens with one attached hydrogen (secondary N) is 1. The van der Waals surface area contributed by atoms with Crippen LogP contribution in [0.2, 0.25) is 0 Å². The molecule has 0 radical (unpaired) electrons. The molecular weight excluding hydrogens is 259 g/mol. The Labute approximate surface area is 110 Å². The Kier molecular flexibility index (Phi) is 5.47. The quantitative estimate of drug-likeness (QED) is 0.839. The van der Waals surface area contributed by atoms with Crippen molar-refractivity contribution in [1.82, 2.24) is 0 Å². The SMILES string of the molecule is CC(C)Oc1cccc(NCC(O)CC(F)(F)F)c1. The average molecular weight is 277 g/mol. The molecule has 0 aliphatic heterocycles. The van der Waals surface area contributed by atoms with Crippen LogP contribution in [-0.2, 0) is 0 Å². The molecule has 108 valence electrons. The number of hydrogen-bond acceptors (Lipinski definition) is 3. The third-order valence-electron chi connectivity index (χ3n) is 2.21. The molecule has 0 saturated carbocycles. The summed E-state index contributed by atoms with van der Waals surface area (Å²) in [5.41, 5.74) is 0.611. The van der Waals surface area contributed by atoms with Gasteiger partial charge >= 0.3 is 6.18 Å². The van der Waals surface area contributed by atoms with Gasteiger partial charge in [-0.3, -0.25) is 0 Å². The van der Waals surface area contributed by atoms with Gasteiger partial charge in [-0.15, -0.1) is 0 Å². The molecule has 2 N–H and O–H groups in total. The summed E-state index contributed by atoms with van der Waals surface area (Å²) in [6.45, 7) is 3.60. The predicted molar refractivity (Wildman–Crippen MR) is 67.4 cm³/mol. The zero-order chi connectivity index (χ0) is 14.5. The fraction of sp³-hybridized carbons (Fsp3) is 0.538. The van der Waals surface area contributed by atoms with E-state index < -0.39 is 18.7 Å². The van der Waals surface area contributed by atoms with E-state index in [-0.39, 0.29) is 12.6 Å². The highest BCUT2D eigenvalue weighted by Crippen LogP contribution is 2.22. The van der Waals surface area contributed by atoms with Gasteiger partial charge in [-0.2, -0.15) is 13.2 Å². The lowest BCUT2D eigenvalue weighted by molar-refractivity contribution is -0.151. The maximum Gasteiger partial charge on any atom is 0.391 e. The lowest BCUT2D eigenvalue weighted by atomic mass is 10.2. The third-order valence-corrected chi connectivity index (χ3v) is 2.21. The topological polar surface area (TPSA) is 41.5 Å². The van der Waals surface area contributed by atoms with Gasteiger partial charge in [0.2, 0.25) is 0 Å². The van der Waals surface area contributed by atoms with Gasteiger partial charge in [-0.05, 0) is 26.0 Å². The molecular formula is C13H18F3NO2. The zero-order valence-electron chi connectivity index (χ0n) is 10.9. The van der Waals surface area contributed by atoms with Gasteiger partial charge in [0, 0.05) is 18.3 Å². The second-order valence-corrected chi connectivity index (χ2v) is 4.55. The Morgan fingerprint density at radius 3 is 2.58 bits per heavy atom. The van der Waals surface area contributed by atoms with Crippen molar-refractivity contribution < 1.29 is 23.0 Å². The molecule has 6 heteroatoms. The highest BCUT2D eigenvalue weighted by molar-refractivity contribution is 5.48. The first-order valence-electron chi connectivity index (χ1n) is 6.01. The predicted octanol–water partition coefficient (Wildman–Crippen LogP) is 3.20. The number of halogens is 3. The van der Waals surface area contributed by atoms with Crippen LogP contribution in [0.1, 0.15) is 20.3 Å². The van der Waals surface area contributed by atoms with Crippen molar-refractivity contribution in [2.24, 2.45) is 0 Å². The maximum atomic E-state index is 12.0. The summed E-state index contributed by atoms with van der Waals surface area (Å²) in [5, 5.41) is 12.0. The van der Waals surface area contributed by atoms with Gasteiger partial charge in [0.15, 0.2) is 0 Å². The van der Waals surface area contributed by atoms with Crippen LogP contribution in [-0.4, -0.2) is 30.0 Å². The van der Waals surface area contributed by atoms with Crippen molar-refractivity contribution in [3.05, 3.63) is 24.3 Å². The number of ether oxygens (including phenoxy) is 1. The molecule has 0 fully saturated rings. The van der Waals surface area contributed by atoms with Crippen LogP contribution in [0.5, 0.6) is 5.75 Å². The highest BCUT2D eigenvalue weighted by Gasteiger charge is 2.30. The summed E-state index contributed by atoms with van der Waals surface area (Å²) in [4.78, 5) is 0. The van der Waals surface area contributed by atoms with Gasteiger partial charge < -0.3 is 15.2 Å². The van der Waals surface area contributed by atoms with Crippen LogP contribution >= 0.6 is 0 Å². The lowest BCUT2D eigenvalue weighted by Gasteiger charge is -2.15. The molecule has 0 heterocycles. The van der Waals surface area contributed by atoms with Gasteiger partial charge in [0.25, 0.3) is 0 Å². The third kappa shape index (κ3) is 6.91. The molecule has 1 atom stereocenters. The fourth-order valence-electron chi connectivity index (χ4n) is 1.53. The molecule has 0 bridgehead atoms. The van der Waals surface area contributed by atoms with Crippen LogP contribution in [0, 0.1) is 0 Å². The van der Waals surface area contributed by atoms with Gasteiger partial charge in [0.05, 0.1) is 18.6 Å². The molecule has 3 nitrogen and oxygen atoms in total. The number of alkyl halides is 3. The first-order chi connectivity index (χ1) is 8.76. The van der Waals surface area contributed by atoms with Crippen molar-refractivity contribution in [1.29, 1.82) is 0 Å². The van der Waals surface area contributed by atoms with E-state index in [1.54, 1.807) is 24.3 Å². The smallest absolute Gasteiger partial charge is 0.391 e. The zero-order valence-corrected chi connectivity index (χ0v) is 10.9. The van der Waals surface area contributed by atoms with Gasteiger partial charge in [-0.25, -0.2) is 0 Å². The number of anilines is 1. The van der Waals surface area contributed by atoms with E-state index in [2.05, 4.69) is 5.32 Å². The minimum absolute atomic E-state index is 0.0195. The fourth-order valence-corrected chi connectivity index (χ4v) is 1.53. The molecule has 0 aliphatic rings.